The summed E-state index contributed by atoms with van der Waals surface area (Å²) in [6.45, 7) is 3.71. The number of likely N-dealkylation sites (tertiary alicyclic amines) is 2. The maximum Gasteiger partial charge on any atom is 0.237 e. The second-order valence-corrected chi connectivity index (χ2v) is 9.83. The normalized spacial score (nSPS) is 25.5. The topological polar surface area (TPSA) is 69.7 Å². The summed E-state index contributed by atoms with van der Waals surface area (Å²) in [5.74, 6) is 1.24. The number of amides is 3. The van der Waals surface area contributed by atoms with Crippen LogP contribution in [0, 0.1) is 24.1 Å². The number of benzene rings is 1. The van der Waals surface area contributed by atoms with Gasteiger partial charge in [0.2, 0.25) is 17.7 Å². The first-order valence-electron chi connectivity index (χ1n) is 10.6. The van der Waals surface area contributed by atoms with Crippen molar-refractivity contribution in [3.63, 3.8) is 0 Å². The van der Waals surface area contributed by atoms with Crippen molar-refractivity contribution in [1.82, 2.24) is 15.1 Å². The van der Waals surface area contributed by atoms with Crippen LogP contribution in [0.4, 0.5) is 4.39 Å². The quantitative estimate of drug-likeness (QED) is 0.722. The number of carbonyl (C=O) groups excluding carboxylic acids is 3. The van der Waals surface area contributed by atoms with E-state index in [2.05, 4.69) is 10.2 Å². The number of thioether (sulfide) groups is 1. The van der Waals surface area contributed by atoms with Gasteiger partial charge in [-0.05, 0) is 49.1 Å². The Kier molecular flexibility index (Phi) is 6.16. The van der Waals surface area contributed by atoms with Gasteiger partial charge in [0.15, 0.2) is 0 Å². The van der Waals surface area contributed by atoms with Crippen molar-refractivity contribution in [2.24, 2.45) is 11.3 Å². The highest BCUT2D eigenvalue weighted by Gasteiger charge is 2.53. The van der Waals surface area contributed by atoms with Gasteiger partial charge in [0.05, 0.1) is 12.1 Å². The number of hydrogen-bond donors (Lipinski definition) is 1. The summed E-state index contributed by atoms with van der Waals surface area (Å²) in [5, 5.41) is 2.91. The van der Waals surface area contributed by atoms with E-state index in [0.29, 0.717) is 51.1 Å². The van der Waals surface area contributed by atoms with Crippen LogP contribution in [0.15, 0.2) is 18.2 Å². The van der Waals surface area contributed by atoms with Crippen LogP contribution in [0.1, 0.15) is 36.8 Å². The van der Waals surface area contributed by atoms with Gasteiger partial charge >= 0.3 is 0 Å². The molecule has 4 rings (SSSR count). The largest absolute Gasteiger partial charge is 0.352 e. The molecule has 0 bridgehead atoms. The molecule has 1 atom stereocenters. The van der Waals surface area contributed by atoms with Crippen molar-refractivity contribution in [1.29, 1.82) is 0 Å². The van der Waals surface area contributed by atoms with Crippen LogP contribution in [-0.2, 0) is 20.9 Å². The predicted octanol–water partition coefficient (Wildman–Crippen LogP) is 2.30. The molecule has 1 aromatic rings. The zero-order valence-electron chi connectivity index (χ0n) is 17.3. The van der Waals surface area contributed by atoms with E-state index in [0.717, 1.165) is 23.5 Å². The average molecular weight is 434 g/mol. The van der Waals surface area contributed by atoms with Crippen LogP contribution in [0.25, 0.3) is 0 Å². The maximum absolute atomic E-state index is 13.6. The highest BCUT2D eigenvalue weighted by Crippen LogP contribution is 2.45. The third-order valence-corrected chi connectivity index (χ3v) is 7.85. The summed E-state index contributed by atoms with van der Waals surface area (Å²) in [6, 6.07) is 4.99. The summed E-state index contributed by atoms with van der Waals surface area (Å²) in [7, 11) is 0. The number of hydrogen-bond acceptors (Lipinski definition) is 5. The summed E-state index contributed by atoms with van der Waals surface area (Å²) in [4.78, 5) is 41.3. The van der Waals surface area contributed by atoms with Crippen molar-refractivity contribution in [2.75, 3.05) is 31.3 Å². The average Bonchev–Trinajstić information content (AvgIpc) is 3.30. The molecule has 6 nitrogen and oxygen atoms in total. The number of nitrogens with zero attached hydrogens (tertiary/aromatic N) is 2. The van der Waals surface area contributed by atoms with Crippen molar-refractivity contribution < 1.29 is 18.8 Å². The van der Waals surface area contributed by atoms with Crippen molar-refractivity contribution in [3.05, 3.63) is 35.1 Å². The van der Waals surface area contributed by atoms with E-state index in [1.165, 1.54) is 11.0 Å². The van der Waals surface area contributed by atoms with Gasteiger partial charge in [-0.25, -0.2) is 4.39 Å². The molecule has 3 heterocycles. The minimum atomic E-state index is -0.463. The first kappa shape index (κ1) is 21.3. The molecule has 1 spiro atoms. The number of halogens is 1. The Balaban J connectivity index is 1.24. The van der Waals surface area contributed by atoms with E-state index in [9.17, 15) is 18.8 Å². The number of rotatable bonds is 5. The van der Waals surface area contributed by atoms with Crippen LogP contribution in [0.3, 0.4) is 0 Å². The minimum Gasteiger partial charge on any atom is -0.352 e. The van der Waals surface area contributed by atoms with Crippen LogP contribution in [-0.4, -0.2) is 58.8 Å². The van der Waals surface area contributed by atoms with Crippen molar-refractivity contribution in [3.8, 4) is 0 Å². The highest BCUT2D eigenvalue weighted by atomic mass is 32.2. The summed E-state index contributed by atoms with van der Waals surface area (Å²) < 4.78 is 13.6. The standard InChI is InChI=1S/C22H28FN3O3S/c1-15-2-3-16(10-18(15)23)12-24-20(28)17-4-7-25(8-5-17)14-26-19(27)11-22(21(26)29)6-9-30-13-22/h2-3,10,17H,4-9,11-14H2,1H3,(H,24,28). The Morgan fingerprint density at radius 2 is 2.07 bits per heavy atom. The van der Waals surface area contributed by atoms with E-state index in [-0.39, 0.29) is 29.5 Å². The van der Waals surface area contributed by atoms with Crippen molar-refractivity contribution in [2.45, 2.75) is 39.2 Å². The molecule has 162 valence electrons. The molecular formula is C22H28FN3O3S. The van der Waals surface area contributed by atoms with Gasteiger partial charge < -0.3 is 5.32 Å². The molecule has 1 unspecified atom stereocenters. The lowest BCUT2D eigenvalue weighted by Gasteiger charge is -2.33. The van der Waals surface area contributed by atoms with Gasteiger partial charge in [0, 0.05) is 37.7 Å². The van der Waals surface area contributed by atoms with Gasteiger partial charge in [-0.15, -0.1) is 0 Å². The molecule has 1 aromatic carbocycles. The van der Waals surface area contributed by atoms with Gasteiger partial charge in [0.25, 0.3) is 0 Å². The van der Waals surface area contributed by atoms with Gasteiger partial charge in [-0.1, -0.05) is 12.1 Å². The highest BCUT2D eigenvalue weighted by molar-refractivity contribution is 7.99. The number of carbonyl (C=O) groups is 3. The molecule has 0 aromatic heterocycles. The first-order chi connectivity index (χ1) is 14.4. The number of nitrogens with one attached hydrogen (secondary N) is 1. The predicted molar refractivity (Wildman–Crippen MR) is 113 cm³/mol. The monoisotopic (exact) mass is 433 g/mol. The Labute approximate surface area is 180 Å². The summed E-state index contributed by atoms with van der Waals surface area (Å²) >= 11 is 1.75. The zero-order chi connectivity index (χ0) is 21.3. The van der Waals surface area contributed by atoms with Crippen LogP contribution >= 0.6 is 11.8 Å². The molecule has 0 radical (unpaired) electrons. The van der Waals surface area contributed by atoms with Gasteiger partial charge in [-0.2, -0.15) is 11.8 Å². The molecule has 3 amide bonds. The molecule has 30 heavy (non-hydrogen) atoms. The van der Waals surface area contributed by atoms with E-state index in [1.54, 1.807) is 24.8 Å². The molecule has 0 saturated carbocycles. The van der Waals surface area contributed by atoms with E-state index < -0.39 is 5.41 Å². The van der Waals surface area contributed by atoms with E-state index >= 15 is 0 Å². The maximum atomic E-state index is 13.6. The Bertz CT molecular complexity index is 848. The minimum absolute atomic E-state index is 0.0114. The molecule has 0 aliphatic carbocycles. The molecule has 1 N–H and O–H groups in total. The second kappa shape index (κ2) is 8.67. The lowest BCUT2D eigenvalue weighted by molar-refractivity contribution is -0.144. The Morgan fingerprint density at radius 1 is 1.30 bits per heavy atom. The number of piperidine rings is 1. The van der Waals surface area contributed by atoms with Crippen LogP contribution in [0.5, 0.6) is 0 Å². The third kappa shape index (κ3) is 4.25. The number of imide groups is 1. The molecule has 3 saturated heterocycles. The van der Waals surface area contributed by atoms with Gasteiger partial charge in [0.1, 0.15) is 5.82 Å². The molecule has 3 aliphatic rings. The van der Waals surface area contributed by atoms with Crippen LogP contribution < -0.4 is 5.32 Å². The fourth-order valence-corrected chi connectivity index (χ4v) is 5.97. The van der Waals surface area contributed by atoms with Crippen molar-refractivity contribution >= 4 is 29.5 Å². The molecule has 3 fully saturated rings. The second-order valence-electron chi connectivity index (χ2n) is 8.72. The van der Waals surface area contributed by atoms with Gasteiger partial charge in [-0.3, -0.25) is 24.2 Å². The smallest absolute Gasteiger partial charge is 0.237 e. The summed E-state index contributed by atoms with van der Waals surface area (Å²) in [5.41, 5.74) is 0.869. The first-order valence-corrected chi connectivity index (χ1v) is 11.7. The zero-order valence-corrected chi connectivity index (χ0v) is 18.1. The third-order valence-electron chi connectivity index (χ3n) is 6.60. The fourth-order valence-electron chi connectivity index (χ4n) is 4.53. The molecule has 3 aliphatic heterocycles. The summed E-state index contributed by atoms with van der Waals surface area (Å²) in [6.07, 6.45) is 2.51. The lowest BCUT2D eigenvalue weighted by atomic mass is 9.86. The fraction of sp³-hybridized carbons (Fsp3) is 0.591. The SMILES string of the molecule is Cc1ccc(CNC(=O)C2CCN(CN3C(=O)CC4(CCSC4)C3=O)CC2)cc1F. The molecular weight excluding hydrogens is 405 g/mol. The van der Waals surface area contributed by atoms with E-state index in [1.807, 2.05) is 6.07 Å². The number of aryl methyl sites for hydroxylation is 1. The molecule has 8 heteroatoms. The lowest BCUT2D eigenvalue weighted by Crippen LogP contribution is -2.47. The van der Waals surface area contributed by atoms with E-state index in [4.69, 9.17) is 0 Å². The Morgan fingerprint density at radius 3 is 2.73 bits per heavy atom. The Hall–Kier alpha value is -1.93. The van der Waals surface area contributed by atoms with Crippen LogP contribution in [0.2, 0.25) is 0 Å².